The molecular weight excluding hydrogens is 210 g/mol. The SMILES string of the molecule is CN1CCC(N2CCCc3cc(N)ccc32)C1. The lowest BCUT2D eigenvalue weighted by molar-refractivity contribution is 0.406. The molecule has 0 saturated carbocycles. The number of nitrogens with zero attached hydrogens (tertiary/aromatic N) is 2. The van der Waals surface area contributed by atoms with E-state index in [4.69, 9.17) is 5.73 Å². The van der Waals surface area contributed by atoms with Crippen molar-refractivity contribution in [1.29, 1.82) is 0 Å². The van der Waals surface area contributed by atoms with Gasteiger partial charge in [-0.05, 0) is 56.6 Å². The highest BCUT2D eigenvalue weighted by molar-refractivity contribution is 5.61. The van der Waals surface area contributed by atoms with E-state index in [0.717, 1.165) is 5.69 Å². The van der Waals surface area contributed by atoms with E-state index in [2.05, 4.69) is 29.0 Å². The highest BCUT2D eigenvalue weighted by Gasteiger charge is 2.28. The van der Waals surface area contributed by atoms with Gasteiger partial charge in [0.2, 0.25) is 0 Å². The minimum Gasteiger partial charge on any atom is -0.399 e. The molecule has 2 N–H and O–H groups in total. The molecule has 3 heteroatoms. The average Bonchev–Trinajstić information content (AvgIpc) is 2.74. The molecule has 92 valence electrons. The molecule has 2 aliphatic rings. The second-order valence-corrected chi connectivity index (χ2v) is 5.39. The summed E-state index contributed by atoms with van der Waals surface area (Å²) in [4.78, 5) is 5.03. The number of rotatable bonds is 1. The first kappa shape index (κ1) is 10.9. The Morgan fingerprint density at radius 3 is 2.94 bits per heavy atom. The number of hydrogen-bond donors (Lipinski definition) is 1. The fourth-order valence-electron chi connectivity index (χ4n) is 3.19. The van der Waals surface area contributed by atoms with E-state index >= 15 is 0 Å². The molecule has 0 bridgehead atoms. The van der Waals surface area contributed by atoms with E-state index in [9.17, 15) is 0 Å². The largest absolute Gasteiger partial charge is 0.399 e. The third-order valence-electron chi connectivity index (χ3n) is 4.07. The Balaban J connectivity index is 1.89. The van der Waals surface area contributed by atoms with E-state index in [-0.39, 0.29) is 0 Å². The van der Waals surface area contributed by atoms with Gasteiger partial charge in [0, 0.05) is 30.5 Å². The summed E-state index contributed by atoms with van der Waals surface area (Å²) in [6.07, 6.45) is 3.73. The molecule has 1 aromatic carbocycles. The first-order valence-electron chi connectivity index (χ1n) is 6.57. The molecule has 1 unspecified atom stereocenters. The van der Waals surface area contributed by atoms with E-state index in [1.807, 2.05) is 6.07 Å². The van der Waals surface area contributed by atoms with E-state index < -0.39 is 0 Å². The summed E-state index contributed by atoms with van der Waals surface area (Å²) in [6.45, 7) is 3.63. The molecule has 0 aromatic heterocycles. The molecule has 0 amide bonds. The molecule has 3 rings (SSSR count). The van der Waals surface area contributed by atoms with Gasteiger partial charge in [0.25, 0.3) is 0 Å². The lowest BCUT2D eigenvalue weighted by Crippen LogP contribution is -2.40. The van der Waals surface area contributed by atoms with Crippen LogP contribution in [0.2, 0.25) is 0 Å². The first-order chi connectivity index (χ1) is 8.24. The van der Waals surface area contributed by atoms with Gasteiger partial charge < -0.3 is 15.5 Å². The van der Waals surface area contributed by atoms with Crippen molar-refractivity contribution in [3.63, 3.8) is 0 Å². The zero-order valence-electron chi connectivity index (χ0n) is 10.5. The number of benzene rings is 1. The van der Waals surface area contributed by atoms with Gasteiger partial charge in [-0.25, -0.2) is 0 Å². The zero-order chi connectivity index (χ0) is 11.8. The minimum atomic E-state index is 0.697. The van der Waals surface area contributed by atoms with Crippen molar-refractivity contribution in [1.82, 2.24) is 4.90 Å². The van der Waals surface area contributed by atoms with Gasteiger partial charge in [-0.15, -0.1) is 0 Å². The fourth-order valence-corrected chi connectivity index (χ4v) is 3.19. The molecule has 0 spiro atoms. The van der Waals surface area contributed by atoms with Crippen LogP contribution in [-0.2, 0) is 6.42 Å². The third-order valence-corrected chi connectivity index (χ3v) is 4.07. The van der Waals surface area contributed by atoms with Crippen LogP contribution in [0.4, 0.5) is 11.4 Å². The summed E-state index contributed by atoms with van der Waals surface area (Å²) in [5, 5.41) is 0. The van der Waals surface area contributed by atoms with E-state index in [0.29, 0.717) is 6.04 Å². The van der Waals surface area contributed by atoms with Gasteiger partial charge in [-0.1, -0.05) is 0 Å². The number of likely N-dealkylation sites (tertiary alicyclic amines) is 1. The molecular formula is C14H21N3. The predicted octanol–water partition coefficient (Wildman–Crippen LogP) is 1.73. The van der Waals surface area contributed by atoms with Gasteiger partial charge in [0.15, 0.2) is 0 Å². The summed E-state index contributed by atoms with van der Waals surface area (Å²) in [5.74, 6) is 0. The van der Waals surface area contributed by atoms with Crippen molar-refractivity contribution in [2.75, 3.05) is 37.3 Å². The zero-order valence-corrected chi connectivity index (χ0v) is 10.5. The quantitative estimate of drug-likeness (QED) is 0.747. The fraction of sp³-hybridized carbons (Fsp3) is 0.571. The maximum Gasteiger partial charge on any atom is 0.0429 e. The first-order valence-corrected chi connectivity index (χ1v) is 6.57. The molecule has 17 heavy (non-hydrogen) atoms. The summed E-state index contributed by atoms with van der Waals surface area (Å²) in [5.41, 5.74) is 9.63. The summed E-state index contributed by atoms with van der Waals surface area (Å²) in [7, 11) is 2.22. The monoisotopic (exact) mass is 231 g/mol. The Morgan fingerprint density at radius 1 is 1.29 bits per heavy atom. The smallest absolute Gasteiger partial charge is 0.0429 e. The molecule has 1 saturated heterocycles. The normalized spacial score (nSPS) is 25.0. The van der Waals surface area contributed by atoms with E-state index in [1.165, 1.54) is 50.1 Å². The maximum absolute atomic E-state index is 5.88. The molecule has 1 atom stereocenters. The highest BCUT2D eigenvalue weighted by Crippen LogP contribution is 2.32. The Kier molecular flexibility index (Phi) is 2.71. The predicted molar refractivity (Wildman–Crippen MR) is 72.4 cm³/mol. The topological polar surface area (TPSA) is 32.5 Å². The summed E-state index contributed by atoms with van der Waals surface area (Å²) in [6, 6.07) is 7.10. The van der Waals surface area contributed by atoms with Crippen LogP contribution in [-0.4, -0.2) is 37.6 Å². The highest BCUT2D eigenvalue weighted by atomic mass is 15.2. The molecule has 1 fully saturated rings. The number of aryl methyl sites for hydroxylation is 1. The van der Waals surface area contributed by atoms with Gasteiger partial charge >= 0.3 is 0 Å². The second-order valence-electron chi connectivity index (χ2n) is 5.39. The lowest BCUT2D eigenvalue weighted by Gasteiger charge is -2.36. The minimum absolute atomic E-state index is 0.697. The van der Waals surface area contributed by atoms with Gasteiger partial charge in [0.1, 0.15) is 0 Å². The Bertz CT molecular complexity index is 416. The third kappa shape index (κ3) is 2.00. The van der Waals surface area contributed by atoms with Crippen molar-refractivity contribution in [3.8, 4) is 0 Å². The average molecular weight is 231 g/mol. The Morgan fingerprint density at radius 2 is 2.18 bits per heavy atom. The number of nitrogen functional groups attached to an aromatic ring is 1. The van der Waals surface area contributed by atoms with Crippen LogP contribution in [0.5, 0.6) is 0 Å². The lowest BCUT2D eigenvalue weighted by atomic mass is 9.99. The maximum atomic E-state index is 5.88. The van der Waals surface area contributed by atoms with Gasteiger partial charge in [-0.2, -0.15) is 0 Å². The second kappa shape index (κ2) is 4.22. The summed E-state index contributed by atoms with van der Waals surface area (Å²) >= 11 is 0. The van der Waals surface area contributed by atoms with Gasteiger partial charge in [0.05, 0.1) is 0 Å². The van der Waals surface area contributed by atoms with Crippen molar-refractivity contribution < 1.29 is 0 Å². The standard InChI is InChI=1S/C14H21N3/c1-16-8-6-13(10-16)17-7-2-3-11-9-12(15)4-5-14(11)17/h4-5,9,13H,2-3,6-8,10,15H2,1H3. The van der Waals surface area contributed by atoms with Crippen molar-refractivity contribution in [2.45, 2.75) is 25.3 Å². The van der Waals surface area contributed by atoms with Crippen molar-refractivity contribution in [2.24, 2.45) is 0 Å². The molecule has 0 aliphatic carbocycles. The molecule has 3 nitrogen and oxygen atoms in total. The van der Waals surface area contributed by atoms with Crippen LogP contribution >= 0.6 is 0 Å². The summed E-state index contributed by atoms with van der Waals surface area (Å²) < 4.78 is 0. The molecule has 0 radical (unpaired) electrons. The Hall–Kier alpha value is -1.22. The van der Waals surface area contributed by atoms with Crippen LogP contribution < -0.4 is 10.6 Å². The van der Waals surface area contributed by atoms with Crippen molar-refractivity contribution in [3.05, 3.63) is 23.8 Å². The number of nitrogens with two attached hydrogens (primary N) is 1. The van der Waals surface area contributed by atoms with Gasteiger partial charge in [-0.3, -0.25) is 0 Å². The van der Waals surface area contributed by atoms with Crippen LogP contribution in [0, 0.1) is 0 Å². The van der Waals surface area contributed by atoms with Crippen LogP contribution in [0.3, 0.4) is 0 Å². The number of hydrogen-bond acceptors (Lipinski definition) is 3. The van der Waals surface area contributed by atoms with Crippen molar-refractivity contribution >= 4 is 11.4 Å². The van der Waals surface area contributed by atoms with Crippen LogP contribution in [0.15, 0.2) is 18.2 Å². The Labute approximate surface area is 103 Å². The van der Waals surface area contributed by atoms with E-state index in [1.54, 1.807) is 0 Å². The molecule has 1 aromatic rings. The number of likely N-dealkylation sites (N-methyl/N-ethyl adjacent to an activating group) is 1. The van der Waals surface area contributed by atoms with Crippen LogP contribution in [0.25, 0.3) is 0 Å². The molecule has 2 heterocycles. The van der Waals surface area contributed by atoms with Crippen LogP contribution in [0.1, 0.15) is 18.4 Å². The molecule has 2 aliphatic heterocycles. The number of fused-ring (bicyclic) bond motifs is 1. The number of anilines is 2.